The molecule has 0 aliphatic heterocycles. The average molecular weight is 433 g/mol. The Bertz CT molecular complexity index is 1160. The molecule has 0 spiro atoms. The van der Waals surface area contributed by atoms with Crippen molar-refractivity contribution < 1.29 is 18.0 Å². The van der Waals surface area contributed by atoms with Crippen molar-refractivity contribution in [1.82, 2.24) is 4.98 Å². The Hall–Kier alpha value is -3.20. The van der Waals surface area contributed by atoms with Gasteiger partial charge in [0, 0.05) is 28.5 Å². The van der Waals surface area contributed by atoms with Gasteiger partial charge in [0.25, 0.3) is 5.91 Å². The largest absolute Gasteiger partial charge is 0.416 e. The molecule has 0 saturated heterocycles. The Balaban J connectivity index is 1.91. The van der Waals surface area contributed by atoms with Gasteiger partial charge in [-0.05, 0) is 54.1 Å². The van der Waals surface area contributed by atoms with Gasteiger partial charge in [0.05, 0.1) is 5.56 Å². The summed E-state index contributed by atoms with van der Waals surface area (Å²) in [5, 5.41) is 4.42. The predicted octanol–water partition coefficient (Wildman–Crippen LogP) is 5.78. The zero-order chi connectivity index (χ0) is 21.7. The number of halogens is 3. The van der Waals surface area contributed by atoms with Gasteiger partial charge in [0.15, 0.2) is 0 Å². The van der Waals surface area contributed by atoms with Crippen molar-refractivity contribution in [3.8, 4) is 0 Å². The topological polar surface area (TPSA) is 74.0 Å². The molecule has 1 amide bonds. The third-order valence-electron chi connectivity index (χ3n) is 4.13. The second-order valence-corrected chi connectivity index (χ2v) is 7.04. The quantitative estimate of drug-likeness (QED) is 0.431. The van der Waals surface area contributed by atoms with Crippen molar-refractivity contribution in [1.29, 1.82) is 0 Å². The van der Waals surface area contributed by atoms with Crippen molar-refractivity contribution >= 4 is 40.1 Å². The summed E-state index contributed by atoms with van der Waals surface area (Å²) in [5.74, 6) is -0.800. The minimum atomic E-state index is -4.60. The third kappa shape index (κ3) is 5.04. The van der Waals surface area contributed by atoms with E-state index in [2.05, 4.69) is 15.0 Å². The number of hydrogen-bond acceptors (Lipinski definition) is 4. The van der Waals surface area contributed by atoms with Gasteiger partial charge in [-0.15, -0.1) is 0 Å². The van der Waals surface area contributed by atoms with Gasteiger partial charge < -0.3 is 15.0 Å². The number of aromatic amines is 1. The molecule has 3 rings (SSSR count). The molecule has 5 nitrogen and oxygen atoms in total. The van der Waals surface area contributed by atoms with E-state index < -0.39 is 23.1 Å². The second kappa shape index (κ2) is 9.08. The molecule has 156 valence electrons. The van der Waals surface area contributed by atoms with E-state index in [0.717, 1.165) is 30.5 Å². The van der Waals surface area contributed by atoms with Crippen molar-refractivity contribution in [3.63, 3.8) is 0 Å². The van der Waals surface area contributed by atoms with Gasteiger partial charge in [0.2, 0.25) is 5.43 Å². The summed E-state index contributed by atoms with van der Waals surface area (Å²) in [5.41, 5.74) is -0.978. The molecule has 30 heavy (non-hydrogen) atoms. The first-order valence-electron chi connectivity index (χ1n) is 9.00. The Morgan fingerprint density at radius 2 is 1.90 bits per heavy atom. The summed E-state index contributed by atoms with van der Waals surface area (Å²) in [4.78, 5) is 28.0. The number of para-hydroxylation sites is 1. The number of H-pyrrole nitrogens is 1. The molecule has 0 fully saturated rings. The van der Waals surface area contributed by atoms with E-state index in [1.165, 1.54) is 12.3 Å². The molecular weight excluding hydrogens is 415 g/mol. The van der Waals surface area contributed by atoms with E-state index in [0.29, 0.717) is 10.9 Å². The second-order valence-electron chi connectivity index (χ2n) is 6.33. The fourth-order valence-corrected chi connectivity index (χ4v) is 3.31. The summed E-state index contributed by atoms with van der Waals surface area (Å²) >= 11 is 1.11. The number of allylic oxidation sites excluding steroid dienone is 1. The van der Waals surface area contributed by atoms with E-state index in [1.54, 1.807) is 29.7 Å². The van der Waals surface area contributed by atoms with Gasteiger partial charge in [0.1, 0.15) is 5.56 Å². The lowest BCUT2D eigenvalue weighted by Crippen LogP contribution is -2.22. The number of pyridine rings is 1. The van der Waals surface area contributed by atoms with Crippen LogP contribution in [0.4, 0.5) is 24.5 Å². The number of carbonyl (C=O) groups is 1. The number of rotatable bonds is 6. The van der Waals surface area contributed by atoms with Crippen LogP contribution in [-0.2, 0) is 6.18 Å². The van der Waals surface area contributed by atoms with Gasteiger partial charge in [-0.25, -0.2) is 0 Å². The molecule has 0 radical (unpaired) electrons. The summed E-state index contributed by atoms with van der Waals surface area (Å²) in [7, 11) is 0. The number of carbonyl (C=O) groups excluding carboxylic acids is 1. The molecule has 3 N–H and O–H groups in total. The van der Waals surface area contributed by atoms with E-state index in [-0.39, 0.29) is 16.9 Å². The van der Waals surface area contributed by atoms with Gasteiger partial charge >= 0.3 is 6.18 Å². The SMILES string of the molecule is CC/C=C/SNc1cc(NC(=O)c2c[nH]c3ccccc3c2=O)cc(C(F)(F)F)c1. The zero-order valence-corrected chi connectivity index (χ0v) is 16.7. The Kier molecular flexibility index (Phi) is 6.51. The van der Waals surface area contributed by atoms with Crippen LogP contribution in [0.3, 0.4) is 0 Å². The summed E-state index contributed by atoms with van der Waals surface area (Å²) < 4.78 is 42.6. The van der Waals surface area contributed by atoms with Crippen LogP contribution < -0.4 is 15.5 Å². The smallest absolute Gasteiger partial charge is 0.360 e. The van der Waals surface area contributed by atoms with Crippen LogP contribution in [0, 0.1) is 0 Å². The Morgan fingerprint density at radius 3 is 2.63 bits per heavy atom. The standard InChI is InChI=1S/C21H18F3N3O2S/c1-2-3-8-30-27-15-10-13(21(22,23)24)9-14(11-15)26-20(29)17-12-25-18-7-5-4-6-16(18)19(17)28/h3-12,27H,2H2,1H3,(H,25,28)(H,26,29)/b8-3+. The van der Waals surface area contributed by atoms with Gasteiger partial charge in [-0.3, -0.25) is 9.59 Å². The van der Waals surface area contributed by atoms with Crippen molar-refractivity contribution in [2.75, 3.05) is 10.0 Å². The highest BCUT2D eigenvalue weighted by atomic mass is 32.2. The number of aromatic nitrogens is 1. The van der Waals surface area contributed by atoms with Crippen LogP contribution >= 0.6 is 11.9 Å². The monoisotopic (exact) mass is 433 g/mol. The number of anilines is 2. The number of nitrogens with one attached hydrogen (secondary N) is 3. The van der Waals surface area contributed by atoms with Crippen LogP contribution in [0.2, 0.25) is 0 Å². The first-order valence-corrected chi connectivity index (χ1v) is 9.88. The molecular formula is C21H18F3N3O2S. The molecule has 0 unspecified atom stereocenters. The van der Waals surface area contributed by atoms with Crippen molar-refractivity contribution in [2.24, 2.45) is 0 Å². The van der Waals surface area contributed by atoms with Crippen LogP contribution in [0.25, 0.3) is 10.9 Å². The van der Waals surface area contributed by atoms with Gasteiger partial charge in [-0.1, -0.05) is 25.1 Å². The molecule has 9 heteroatoms. The fraction of sp³-hybridized carbons (Fsp3) is 0.143. The lowest BCUT2D eigenvalue weighted by molar-refractivity contribution is -0.137. The van der Waals surface area contributed by atoms with Crippen molar-refractivity contribution in [3.05, 3.63) is 81.5 Å². The van der Waals surface area contributed by atoms with E-state index in [1.807, 2.05) is 13.0 Å². The highest BCUT2D eigenvalue weighted by Crippen LogP contribution is 2.34. The lowest BCUT2D eigenvalue weighted by Gasteiger charge is -2.13. The molecule has 0 aliphatic carbocycles. The molecule has 0 saturated carbocycles. The molecule has 0 atom stereocenters. The maximum Gasteiger partial charge on any atom is 0.416 e. The maximum atomic E-state index is 13.3. The van der Waals surface area contributed by atoms with Crippen LogP contribution in [0.5, 0.6) is 0 Å². The molecule has 3 aromatic rings. The van der Waals surface area contributed by atoms with Crippen LogP contribution in [-0.4, -0.2) is 10.9 Å². The Labute approximate surface area is 174 Å². The minimum Gasteiger partial charge on any atom is -0.360 e. The predicted molar refractivity (Wildman–Crippen MR) is 115 cm³/mol. The molecule has 0 aliphatic rings. The number of alkyl halides is 3. The van der Waals surface area contributed by atoms with Crippen LogP contribution in [0.1, 0.15) is 29.3 Å². The molecule has 2 aromatic carbocycles. The molecule has 1 aromatic heterocycles. The minimum absolute atomic E-state index is 0.0787. The first-order chi connectivity index (χ1) is 14.3. The lowest BCUT2D eigenvalue weighted by atomic mass is 10.1. The molecule has 1 heterocycles. The number of hydrogen-bond donors (Lipinski definition) is 3. The zero-order valence-electron chi connectivity index (χ0n) is 15.8. The summed E-state index contributed by atoms with van der Waals surface area (Å²) in [6.07, 6.45) is -0.710. The normalized spacial score (nSPS) is 11.7. The molecule has 0 bridgehead atoms. The van der Waals surface area contributed by atoms with Crippen molar-refractivity contribution in [2.45, 2.75) is 19.5 Å². The number of amides is 1. The van der Waals surface area contributed by atoms with Crippen LogP contribution in [0.15, 0.2) is 64.9 Å². The third-order valence-corrected chi connectivity index (χ3v) is 4.81. The first kappa shape index (κ1) is 21.5. The average Bonchev–Trinajstić information content (AvgIpc) is 2.71. The highest BCUT2D eigenvalue weighted by Gasteiger charge is 2.31. The fourth-order valence-electron chi connectivity index (χ4n) is 2.70. The summed E-state index contributed by atoms with van der Waals surface area (Å²) in [6, 6.07) is 9.80. The van der Waals surface area contributed by atoms with E-state index in [4.69, 9.17) is 0 Å². The van der Waals surface area contributed by atoms with Gasteiger partial charge in [-0.2, -0.15) is 13.2 Å². The Morgan fingerprint density at radius 1 is 1.17 bits per heavy atom. The van der Waals surface area contributed by atoms with E-state index >= 15 is 0 Å². The summed E-state index contributed by atoms with van der Waals surface area (Å²) in [6.45, 7) is 1.93. The maximum absolute atomic E-state index is 13.3. The highest BCUT2D eigenvalue weighted by molar-refractivity contribution is 8.03. The number of benzene rings is 2. The van der Waals surface area contributed by atoms with E-state index in [9.17, 15) is 22.8 Å². The number of fused-ring (bicyclic) bond motifs is 1.